The molecule has 0 aliphatic carbocycles. The van der Waals surface area contributed by atoms with Crippen LogP contribution in [0.3, 0.4) is 0 Å². The van der Waals surface area contributed by atoms with Gasteiger partial charge in [-0.05, 0) is 89.9 Å². The van der Waals surface area contributed by atoms with Crippen LogP contribution in [0.4, 0.5) is 0 Å². The number of unbranched alkanes of at least 4 members (excludes halogenated alkanes) is 62. The molecule has 0 bridgehead atoms. The maximum Gasteiger partial charge on any atom is 0.305 e. The largest absolute Gasteiger partial charge is 0.466 e. The number of nitrogens with one attached hydrogen (secondary N) is 1. The molecule has 0 radical (unpaired) electrons. The van der Waals surface area contributed by atoms with Crippen LogP contribution in [0.25, 0.3) is 0 Å². The van der Waals surface area contributed by atoms with Gasteiger partial charge in [0.1, 0.15) is 0 Å². The molecule has 6 heteroatoms. The van der Waals surface area contributed by atoms with Crippen molar-refractivity contribution in [3.8, 4) is 0 Å². The minimum absolute atomic E-state index is 0.0104. The lowest BCUT2D eigenvalue weighted by Crippen LogP contribution is -2.45. The molecule has 0 saturated carbocycles. The van der Waals surface area contributed by atoms with Crippen LogP contribution < -0.4 is 5.32 Å². The number of amides is 1. The van der Waals surface area contributed by atoms with Crippen LogP contribution in [0.5, 0.6) is 0 Å². The van der Waals surface area contributed by atoms with Gasteiger partial charge in [0.05, 0.1) is 25.4 Å². The number of hydrogen-bond donors (Lipinski definition) is 3. The molecule has 0 spiro atoms. The smallest absolute Gasteiger partial charge is 0.305 e. The van der Waals surface area contributed by atoms with Gasteiger partial charge in [0.15, 0.2) is 0 Å². The summed E-state index contributed by atoms with van der Waals surface area (Å²) in [7, 11) is 0. The van der Waals surface area contributed by atoms with E-state index in [1.54, 1.807) is 6.08 Å². The van der Waals surface area contributed by atoms with Crippen LogP contribution in [0, 0.1) is 0 Å². The quantitative estimate of drug-likeness (QED) is 0.0320. The summed E-state index contributed by atoms with van der Waals surface area (Å²) in [5, 5.41) is 23.3. The molecule has 1 amide bonds. The summed E-state index contributed by atoms with van der Waals surface area (Å²) in [5.41, 5.74) is 0. The van der Waals surface area contributed by atoms with Crippen LogP contribution in [0.1, 0.15) is 463 Å². The zero-order valence-corrected chi connectivity index (χ0v) is 62.3. The van der Waals surface area contributed by atoms with Crippen molar-refractivity contribution in [2.24, 2.45) is 0 Å². The zero-order chi connectivity index (χ0) is 66.3. The monoisotopic (exact) mass is 1290 g/mol. The standard InChI is InChI=1S/C86H163NO5/c1-3-5-7-9-11-13-15-17-18-19-20-21-22-40-43-46-49-52-55-58-62-66-70-74-78-84(89)83(82-88)87-85(90)79-75-71-67-63-59-56-53-50-47-44-41-38-36-34-32-30-28-26-24-23-25-27-29-31-33-35-37-39-42-45-48-51-54-57-61-65-69-73-77-81-92-86(91)80-76-72-68-64-60-16-14-12-10-8-6-4-2/h12,14,23-24,27,29,74,78,83-84,88-89H,3-11,13,15-22,25-26,28,30-73,75-77,79-82H2,1-2H3,(H,87,90)/b14-12-,24-23-,29-27-,78-74+. The lowest BCUT2D eigenvalue weighted by molar-refractivity contribution is -0.143. The first-order valence-electron chi connectivity index (χ1n) is 41.9. The molecular formula is C86H163NO5. The van der Waals surface area contributed by atoms with E-state index < -0.39 is 12.1 Å². The number of allylic oxidation sites excluding steroid dienone is 7. The highest BCUT2D eigenvalue weighted by atomic mass is 16.5. The highest BCUT2D eigenvalue weighted by molar-refractivity contribution is 5.76. The molecule has 542 valence electrons. The van der Waals surface area contributed by atoms with Crippen molar-refractivity contribution in [3.05, 3.63) is 48.6 Å². The number of hydrogen-bond acceptors (Lipinski definition) is 5. The van der Waals surface area contributed by atoms with E-state index in [2.05, 4.69) is 55.6 Å². The first kappa shape index (κ1) is 89.8. The van der Waals surface area contributed by atoms with Gasteiger partial charge in [-0.2, -0.15) is 0 Å². The van der Waals surface area contributed by atoms with Crippen molar-refractivity contribution in [2.75, 3.05) is 13.2 Å². The summed E-state index contributed by atoms with van der Waals surface area (Å²) in [5.74, 6) is -0.0495. The fourth-order valence-electron chi connectivity index (χ4n) is 13.2. The van der Waals surface area contributed by atoms with Gasteiger partial charge >= 0.3 is 5.97 Å². The van der Waals surface area contributed by atoms with Gasteiger partial charge in [0, 0.05) is 12.8 Å². The van der Waals surface area contributed by atoms with Gasteiger partial charge in [0.2, 0.25) is 5.91 Å². The molecular weight excluding hydrogens is 1130 g/mol. The second-order valence-corrected chi connectivity index (χ2v) is 28.8. The third-order valence-corrected chi connectivity index (χ3v) is 19.6. The van der Waals surface area contributed by atoms with E-state index in [0.717, 1.165) is 51.4 Å². The summed E-state index contributed by atoms with van der Waals surface area (Å²) in [6.07, 6.45) is 108. The first-order valence-corrected chi connectivity index (χ1v) is 41.9. The number of carbonyl (C=O) groups excluding carboxylic acids is 2. The lowest BCUT2D eigenvalue weighted by atomic mass is 10.0. The maximum absolute atomic E-state index is 12.6. The van der Waals surface area contributed by atoms with Crippen LogP contribution in [0.2, 0.25) is 0 Å². The van der Waals surface area contributed by atoms with Gasteiger partial charge in [-0.25, -0.2) is 0 Å². The Morgan fingerprint density at radius 1 is 0.304 bits per heavy atom. The van der Waals surface area contributed by atoms with E-state index >= 15 is 0 Å². The Morgan fingerprint density at radius 3 is 0.859 bits per heavy atom. The fourth-order valence-corrected chi connectivity index (χ4v) is 13.2. The minimum Gasteiger partial charge on any atom is -0.466 e. The Bertz CT molecular complexity index is 1540. The van der Waals surface area contributed by atoms with Gasteiger partial charge in [-0.1, -0.05) is 409 Å². The van der Waals surface area contributed by atoms with Crippen molar-refractivity contribution in [1.29, 1.82) is 0 Å². The minimum atomic E-state index is -0.844. The van der Waals surface area contributed by atoms with Crippen molar-refractivity contribution in [3.63, 3.8) is 0 Å². The molecule has 92 heavy (non-hydrogen) atoms. The van der Waals surface area contributed by atoms with E-state index in [-0.39, 0.29) is 18.5 Å². The summed E-state index contributed by atoms with van der Waals surface area (Å²) >= 11 is 0. The van der Waals surface area contributed by atoms with E-state index in [1.807, 2.05) is 6.08 Å². The summed E-state index contributed by atoms with van der Waals surface area (Å²) < 4.78 is 5.48. The molecule has 0 aliphatic rings. The van der Waals surface area contributed by atoms with Crippen LogP contribution >= 0.6 is 0 Å². The van der Waals surface area contributed by atoms with Crippen molar-refractivity contribution in [2.45, 2.75) is 475 Å². The molecule has 0 aromatic heterocycles. The molecule has 0 aromatic carbocycles. The SMILES string of the molecule is CCCCC/C=C\CCCCCCCC(=O)OCCCCCCCCCCCCCCCCC/C=C\C/C=C\CCCCCCCCCCCCCCCCCCCC(=O)NC(CO)C(O)/C=C/CCCCCCCCCCCCCCCCCCCCCCCC. The topological polar surface area (TPSA) is 95.9 Å². The Labute approximate surface area is 576 Å². The number of carbonyl (C=O) groups is 2. The number of rotatable bonds is 79. The van der Waals surface area contributed by atoms with Crippen LogP contribution in [-0.4, -0.2) is 47.4 Å². The second kappa shape index (κ2) is 81.2. The number of aliphatic hydroxyl groups is 2. The number of aliphatic hydroxyl groups excluding tert-OH is 2. The van der Waals surface area contributed by atoms with Crippen molar-refractivity contribution in [1.82, 2.24) is 5.32 Å². The fraction of sp³-hybridized carbons (Fsp3) is 0.884. The van der Waals surface area contributed by atoms with Crippen LogP contribution in [0.15, 0.2) is 48.6 Å². The number of ether oxygens (including phenoxy) is 1. The molecule has 0 saturated heterocycles. The summed E-state index contributed by atoms with van der Waals surface area (Å²) in [6.45, 7) is 4.93. The van der Waals surface area contributed by atoms with E-state index in [9.17, 15) is 19.8 Å². The molecule has 0 aromatic rings. The van der Waals surface area contributed by atoms with E-state index in [0.29, 0.717) is 19.4 Å². The van der Waals surface area contributed by atoms with Gasteiger partial charge in [-0.3, -0.25) is 9.59 Å². The highest BCUT2D eigenvalue weighted by Crippen LogP contribution is 2.20. The van der Waals surface area contributed by atoms with Crippen LogP contribution in [-0.2, 0) is 14.3 Å². The second-order valence-electron chi connectivity index (χ2n) is 28.8. The average molecular weight is 1290 g/mol. The maximum atomic E-state index is 12.6. The molecule has 0 heterocycles. The summed E-state index contributed by atoms with van der Waals surface area (Å²) in [6, 6.07) is -0.628. The Balaban J connectivity index is 3.38. The third-order valence-electron chi connectivity index (χ3n) is 19.6. The molecule has 2 unspecified atom stereocenters. The Hall–Kier alpha value is -2.18. The van der Waals surface area contributed by atoms with E-state index in [1.165, 1.54) is 385 Å². The third kappa shape index (κ3) is 76.8. The lowest BCUT2D eigenvalue weighted by Gasteiger charge is -2.20. The predicted octanol–water partition coefficient (Wildman–Crippen LogP) is 27.9. The Morgan fingerprint density at radius 2 is 0.543 bits per heavy atom. The molecule has 6 nitrogen and oxygen atoms in total. The molecule has 2 atom stereocenters. The van der Waals surface area contributed by atoms with Gasteiger partial charge < -0.3 is 20.3 Å². The zero-order valence-electron chi connectivity index (χ0n) is 62.3. The van der Waals surface area contributed by atoms with Gasteiger partial charge in [0.25, 0.3) is 0 Å². The predicted molar refractivity (Wildman–Crippen MR) is 407 cm³/mol. The molecule has 3 N–H and O–H groups in total. The Kier molecular flexibility index (Phi) is 79.3. The van der Waals surface area contributed by atoms with Crippen molar-refractivity contribution >= 4 is 11.9 Å². The number of esters is 1. The first-order chi connectivity index (χ1) is 45.5. The van der Waals surface area contributed by atoms with Crippen molar-refractivity contribution < 1.29 is 24.5 Å². The highest BCUT2D eigenvalue weighted by Gasteiger charge is 2.18. The molecule has 0 rings (SSSR count). The normalized spacial score (nSPS) is 12.7. The van der Waals surface area contributed by atoms with E-state index in [4.69, 9.17) is 4.74 Å². The van der Waals surface area contributed by atoms with Gasteiger partial charge in [-0.15, -0.1) is 0 Å². The molecule has 0 fully saturated rings. The summed E-state index contributed by atoms with van der Waals surface area (Å²) in [4.78, 5) is 24.6. The molecule has 0 aliphatic heterocycles. The average Bonchev–Trinajstić information content (AvgIpc) is 3.71.